The van der Waals surface area contributed by atoms with Crippen LogP contribution < -0.4 is 16.2 Å². The zero-order chi connectivity index (χ0) is 24.2. The average Bonchev–Trinajstić information content (AvgIpc) is 2.80. The van der Waals surface area contributed by atoms with Gasteiger partial charge in [0.15, 0.2) is 5.69 Å². The Morgan fingerprint density at radius 1 is 1.21 bits per heavy atom. The minimum atomic E-state index is -1.25. The van der Waals surface area contributed by atoms with Gasteiger partial charge in [-0.3, -0.25) is 19.2 Å². The molecule has 0 spiro atoms. The number of nitrogens with one attached hydrogen (secondary N) is 3. The highest BCUT2D eigenvalue weighted by molar-refractivity contribution is 6.35. The summed E-state index contributed by atoms with van der Waals surface area (Å²) in [6.45, 7) is 0.00428. The third kappa shape index (κ3) is 5.25. The van der Waals surface area contributed by atoms with E-state index in [1.54, 1.807) is 6.08 Å². The zero-order valence-electron chi connectivity index (χ0n) is 18.1. The number of hydrogen-bond donors (Lipinski definition) is 4. The van der Waals surface area contributed by atoms with Gasteiger partial charge in [-0.05, 0) is 37.0 Å². The van der Waals surface area contributed by atoms with Gasteiger partial charge in [0, 0.05) is 20.6 Å². The predicted molar refractivity (Wildman–Crippen MR) is 116 cm³/mol. The van der Waals surface area contributed by atoms with Gasteiger partial charge in [0.2, 0.25) is 5.75 Å². The van der Waals surface area contributed by atoms with Crippen molar-refractivity contribution in [2.75, 3.05) is 14.1 Å². The van der Waals surface area contributed by atoms with E-state index in [1.807, 2.05) is 6.08 Å². The van der Waals surface area contributed by atoms with Crippen LogP contribution in [-0.4, -0.2) is 51.8 Å². The van der Waals surface area contributed by atoms with Crippen LogP contribution in [0.3, 0.4) is 0 Å². The Balaban J connectivity index is 1.92. The Morgan fingerprint density at radius 2 is 1.91 bits per heavy atom. The van der Waals surface area contributed by atoms with Crippen molar-refractivity contribution < 1.29 is 23.9 Å². The summed E-state index contributed by atoms with van der Waals surface area (Å²) in [5.74, 6) is -3.88. The highest BCUT2D eigenvalue weighted by Crippen LogP contribution is 2.32. The molecule has 0 radical (unpaired) electrons. The number of carbonyl (C=O) groups excluding carboxylic acids is 3. The van der Waals surface area contributed by atoms with Crippen LogP contribution in [0.4, 0.5) is 4.39 Å². The van der Waals surface area contributed by atoms with Crippen molar-refractivity contribution in [1.29, 1.82) is 0 Å². The molecule has 0 bridgehead atoms. The second-order valence-corrected chi connectivity index (χ2v) is 7.87. The van der Waals surface area contributed by atoms with Gasteiger partial charge in [0.05, 0.1) is 0 Å². The molecular formula is C22H24FN5O5. The summed E-state index contributed by atoms with van der Waals surface area (Å²) in [4.78, 5) is 57.4. The van der Waals surface area contributed by atoms with Crippen LogP contribution >= 0.6 is 0 Å². The van der Waals surface area contributed by atoms with Gasteiger partial charge >= 0.3 is 11.8 Å². The lowest BCUT2D eigenvalue weighted by atomic mass is 9.84. The van der Waals surface area contributed by atoms with E-state index >= 15 is 0 Å². The number of H-pyrrole nitrogens is 1. The summed E-state index contributed by atoms with van der Waals surface area (Å²) in [5, 5.41) is 15.3. The molecule has 3 amide bonds. The molecule has 1 aromatic heterocycles. The molecule has 2 aromatic rings. The van der Waals surface area contributed by atoms with Crippen LogP contribution in [0.15, 0.2) is 41.2 Å². The molecule has 1 aromatic carbocycles. The number of aromatic hydroxyl groups is 1. The summed E-state index contributed by atoms with van der Waals surface area (Å²) in [6, 6.07) is 5.43. The standard InChI is InChI=1S/C22H24FN5O5/c1-28(2)20(33)19(32)27-22(10-4-3-5-11-22)21-25-15(16(29)18(31)26-21)17(30)24-12-13-6-8-14(23)9-7-13/h3-4,6-9,29H,5,10-12H2,1-2H3,(H,24,30)(H,27,32)(H,25,26,31). The van der Waals surface area contributed by atoms with Crippen LogP contribution in [0.25, 0.3) is 0 Å². The molecule has 33 heavy (non-hydrogen) atoms. The lowest BCUT2D eigenvalue weighted by molar-refractivity contribution is -0.145. The van der Waals surface area contributed by atoms with E-state index in [9.17, 15) is 28.7 Å². The third-order valence-electron chi connectivity index (χ3n) is 5.25. The van der Waals surface area contributed by atoms with Crippen LogP contribution in [-0.2, 0) is 21.7 Å². The monoisotopic (exact) mass is 457 g/mol. The van der Waals surface area contributed by atoms with E-state index < -0.39 is 46.1 Å². The Labute approximate surface area is 188 Å². The molecule has 0 saturated heterocycles. The lowest BCUT2D eigenvalue weighted by Gasteiger charge is -2.35. The van der Waals surface area contributed by atoms with Gasteiger partial charge in [0.1, 0.15) is 17.2 Å². The number of rotatable bonds is 5. The maximum atomic E-state index is 13.1. The van der Waals surface area contributed by atoms with E-state index in [1.165, 1.54) is 38.4 Å². The topological polar surface area (TPSA) is 144 Å². The highest BCUT2D eigenvalue weighted by Gasteiger charge is 2.39. The SMILES string of the molecule is CN(C)C(=O)C(=O)NC1(c2nc(C(=O)NCc3ccc(F)cc3)c(O)c(=O)[nH]2)CC=CCC1. The number of benzene rings is 1. The highest BCUT2D eigenvalue weighted by atomic mass is 19.1. The first-order chi connectivity index (χ1) is 15.6. The number of aromatic amines is 1. The Bertz CT molecular complexity index is 1160. The number of halogens is 1. The zero-order valence-corrected chi connectivity index (χ0v) is 18.1. The average molecular weight is 457 g/mol. The summed E-state index contributed by atoms with van der Waals surface area (Å²) < 4.78 is 13.1. The summed E-state index contributed by atoms with van der Waals surface area (Å²) in [5.41, 5.74) is -2.15. The minimum absolute atomic E-state index is 0.00428. The first kappa shape index (κ1) is 23.6. The second kappa shape index (κ2) is 9.63. The molecule has 10 nitrogen and oxygen atoms in total. The van der Waals surface area contributed by atoms with Crippen molar-refractivity contribution in [2.45, 2.75) is 31.3 Å². The van der Waals surface area contributed by atoms with Crippen LogP contribution in [0.5, 0.6) is 5.75 Å². The number of amides is 3. The Hall–Kier alpha value is -4.02. The minimum Gasteiger partial charge on any atom is -0.501 e. The molecule has 1 unspecified atom stereocenters. The quantitative estimate of drug-likeness (QED) is 0.384. The maximum Gasteiger partial charge on any atom is 0.311 e. The van der Waals surface area contributed by atoms with Crippen LogP contribution in [0.1, 0.15) is 41.1 Å². The van der Waals surface area contributed by atoms with Gasteiger partial charge < -0.3 is 25.6 Å². The first-order valence-electron chi connectivity index (χ1n) is 10.2. The molecule has 4 N–H and O–H groups in total. The van der Waals surface area contributed by atoms with Gasteiger partial charge in [0.25, 0.3) is 11.5 Å². The Morgan fingerprint density at radius 3 is 2.52 bits per heavy atom. The van der Waals surface area contributed by atoms with Crippen molar-refractivity contribution in [3.8, 4) is 5.75 Å². The second-order valence-electron chi connectivity index (χ2n) is 7.87. The van der Waals surface area contributed by atoms with E-state index in [0.29, 0.717) is 18.4 Å². The van der Waals surface area contributed by atoms with Crippen molar-refractivity contribution >= 4 is 17.7 Å². The summed E-state index contributed by atoms with van der Waals surface area (Å²) in [7, 11) is 2.86. The van der Waals surface area contributed by atoms with Crippen molar-refractivity contribution in [3.63, 3.8) is 0 Å². The molecule has 0 fully saturated rings. The summed E-state index contributed by atoms with van der Waals surface area (Å²) >= 11 is 0. The largest absolute Gasteiger partial charge is 0.501 e. The number of allylic oxidation sites excluding steroid dienone is 1. The fraction of sp³-hybridized carbons (Fsp3) is 0.318. The normalized spacial score (nSPS) is 17.3. The number of nitrogens with zero attached hydrogens (tertiary/aromatic N) is 2. The lowest BCUT2D eigenvalue weighted by Crippen LogP contribution is -2.52. The van der Waals surface area contributed by atoms with Crippen molar-refractivity contribution in [2.24, 2.45) is 0 Å². The number of carbonyl (C=O) groups is 3. The van der Waals surface area contributed by atoms with Crippen molar-refractivity contribution in [3.05, 3.63) is 69.7 Å². The van der Waals surface area contributed by atoms with Crippen LogP contribution in [0.2, 0.25) is 0 Å². The molecule has 1 aliphatic rings. The number of likely N-dealkylation sites (N-methyl/N-ethyl adjacent to an activating group) is 1. The Kier molecular flexibility index (Phi) is 6.90. The van der Waals surface area contributed by atoms with E-state index in [-0.39, 0.29) is 18.8 Å². The predicted octanol–water partition coefficient (Wildman–Crippen LogP) is 0.684. The molecule has 1 aliphatic carbocycles. The molecule has 0 aliphatic heterocycles. The van der Waals surface area contributed by atoms with Gasteiger partial charge in [-0.1, -0.05) is 24.3 Å². The van der Waals surface area contributed by atoms with Crippen molar-refractivity contribution in [1.82, 2.24) is 25.5 Å². The molecule has 3 rings (SSSR count). The van der Waals surface area contributed by atoms with E-state index in [4.69, 9.17) is 0 Å². The molecule has 1 atom stereocenters. The molecule has 11 heteroatoms. The number of hydrogen-bond acceptors (Lipinski definition) is 6. The number of aromatic nitrogens is 2. The van der Waals surface area contributed by atoms with Gasteiger partial charge in [-0.15, -0.1) is 0 Å². The molecule has 174 valence electrons. The van der Waals surface area contributed by atoms with Crippen LogP contribution in [0, 0.1) is 5.82 Å². The van der Waals surface area contributed by atoms with E-state index in [0.717, 1.165) is 4.90 Å². The van der Waals surface area contributed by atoms with Gasteiger partial charge in [-0.25, -0.2) is 9.37 Å². The molecule has 0 saturated carbocycles. The van der Waals surface area contributed by atoms with Gasteiger partial charge in [-0.2, -0.15) is 0 Å². The fourth-order valence-electron chi connectivity index (χ4n) is 3.42. The smallest absolute Gasteiger partial charge is 0.311 e. The first-order valence-corrected chi connectivity index (χ1v) is 10.2. The maximum absolute atomic E-state index is 13.1. The third-order valence-corrected chi connectivity index (χ3v) is 5.25. The summed E-state index contributed by atoms with van der Waals surface area (Å²) in [6.07, 6.45) is 4.69. The van der Waals surface area contributed by atoms with E-state index in [2.05, 4.69) is 20.6 Å². The fourth-order valence-corrected chi connectivity index (χ4v) is 3.42. The molecule has 1 heterocycles. The molecular weight excluding hydrogens is 433 g/mol.